The summed E-state index contributed by atoms with van der Waals surface area (Å²) in [6.45, 7) is 0. The highest BCUT2D eigenvalue weighted by atomic mass is 32.3. The van der Waals surface area contributed by atoms with Crippen LogP contribution in [-0.4, -0.2) is 25.9 Å². The normalized spacial score (nSPS) is 43.2. The fourth-order valence-electron chi connectivity index (χ4n) is 1.89. The van der Waals surface area contributed by atoms with E-state index >= 15 is 0 Å². The van der Waals surface area contributed by atoms with E-state index in [-0.39, 0.29) is 12.2 Å². The predicted molar refractivity (Wildman–Crippen MR) is 36.3 cm³/mol. The molecule has 0 aromatic heterocycles. The Labute approximate surface area is 64.8 Å². The van der Waals surface area contributed by atoms with Gasteiger partial charge in [0.15, 0.2) is 0 Å². The molecule has 64 valence electrons. The van der Waals surface area contributed by atoms with Crippen LogP contribution in [0.15, 0.2) is 0 Å². The second-order valence-electron chi connectivity index (χ2n) is 3.12. The maximum Gasteiger partial charge on any atom is 0.307 e. The molecular formula is C6H9FO3S. The highest BCUT2D eigenvalue weighted by Crippen LogP contribution is 2.38. The minimum Gasteiger partial charge on any atom is -0.373 e. The molecule has 0 spiro atoms. The molecule has 0 aliphatic carbocycles. The third-order valence-corrected chi connectivity index (χ3v) is 3.63. The van der Waals surface area contributed by atoms with Gasteiger partial charge in [-0.25, -0.2) is 0 Å². The van der Waals surface area contributed by atoms with E-state index < -0.39 is 15.5 Å². The van der Waals surface area contributed by atoms with Crippen molar-refractivity contribution in [2.24, 2.45) is 0 Å². The van der Waals surface area contributed by atoms with Crippen molar-refractivity contribution in [3.05, 3.63) is 0 Å². The van der Waals surface area contributed by atoms with Crippen molar-refractivity contribution in [3.63, 3.8) is 0 Å². The van der Waals surface area contributed by atoms with E-state index in [1.807, 2.05) is 0 Å². The molecule has 0 aromatic carbocycles. The van der Waals surface area contributed by atoms with Gasteiger partial charge in [0.2, 0.25) is 0 Å². The third-order valence-electron chi connectivity index (χ3n) is 2.41. The van der Waals surface area contributed by atoms with Gasteiger partial charge in [-0.1, -0.05) is 0 Å². The van der Waals surface area contributed by atoms with Crippen LogP contribution >= 0.6 is 0 Å². The van der Waals surface area contributed by atoms with Gasteiger partial charge in [0.1, 0.15) is 5.25 Å². The van der Waals surface area contributed by atoms with Gasteiger partial charge in [-0.05, 0) is 19.3 Å². The van der Waals surface area contributed by atoms with Crippen LogP contribution in [0.5, 0.6) is 0 Å². The quantitative estimate of drug-likeness (QED) is 0.555. The van der Waals surface area contributed by atoms with Crippen LogP contribution in [0.2, 0.25) is 0 Å². The molecule has 0 amide bonds. The molecule has 2 bridgehead atoms. The molecule has 2 aliphatic rings. The fraction of sp³-hybridized carbons (Fsp3) is 1.00. The van der Waals surface area contributed by atoms with E-state index in [9.17, 15) is 12.3 Å². The summed E-state index contributed by atoms with van der Waals surface area (Å²) in [5.74, 6) is 0. The molecule has 5 heteroatoms. The Bertz CT molecular complexity index is 261. The summed E-state index contributed by atoms with van der Waals surface area (Å²) >= 11 is 0. The molecule has 2 rings (SSSR count). The van der Waals surface area contributed by atoms with Crippen LogP contribution in [0.1, 0.15) is 19.3 Å². The molecule has 2 heterocycles. The van der Waals surface area contributed by atoms with Crippen molar-refractivity contribution in [1.82, 2.24) is 0 Å². The van der Waals surface area contributed by atoms with Crippen molar-refractivity contribution < 1.29 is 17.0 Å². The molecule has 2 saturated heterocycles. The van der Waals surface area contributed by atoms with Gasteiger partial charge in [0.25, 0.3) is 0 Å². The zero-order valence-electron chi connectivity index (χ0n) is 5.86. The molecule has 3 nitrogen and oxygen atoms in total. The molecule has 0 aromatic rings. The SMILES string of the molecule is O=S(=O)(F)[C@H]1C[C@@H]2CC[C@H]1O2. The second kappa shape index (κ2) is 2.17. The van der Waals surface area contributed by atoms with Gasteiger partial charge >= 0.3 is 10.2 Å². The van der Waals surface area contributed by atoms with Crippen molar-refractivity contribution in [2.75, 3.05) is 0 Å². The van der Waals surface area contributed by atoms with Crippen LogP contribution in [0.25, 0.3) is 0 Å². The first-order valence-electron chi connectivity index (χ1n) is 3.66. The number of ether oxygens (including phenoxy) is 1. The van der Waals surface area contributed by atoms with Crippen molar-refractivity contribution in [1.29, 1.82) is 0 Å². The summed E-state index contributed by atoms with van der Waals surface area (Å²) in [5, 5.41) is -0.874. The van der Waals surface area contributed by atoms with Gasteiger partial charge in [-0.2, -0.15) is 8.42 Å². The summed E-state index contributed by atoms with van der Waals surface area (Å²) in [7, 11) is -4.36. The van der Waals surface area contributed by atoms with E-state index in [0.29, 0.717) is 12.8 Å². The van der Waals surface area contributed by atoms with Crippen LogP contribution in [0, 0.1) is 0 Å². The lowest BCUT2D eigenvalue weighted by Crippen LogP contribution is -2.28. The molecule has 0 saturated carbocycles. The Kier molecular flexibility index (Phi) is 1.47. The Morgan fingerprint density at radius 2 is 2.09 bits per heavy atom. The van der Waals surface area contributed by atoms with Crippen LogP contribution < -0.4 is 0 Å². The highest BCUT2D eigenvalue weighted by molar-refractivity contribution is 7.87. The monoisotopic (exact) mass is 180 g/mol. The molecule has 2 fully saturated rings. The van der Waals surface area contributed by atoms with E-state index in [1.54, 1.807) is 0 Å². The predicted octanol–water partition coefficient (Wildman–Crippen LogP) is 0.606. The van der Waals surface area contributed by atoms with Gasteiger partial charge in [-0.15, -0.1) is 3.89 Å². The first-order chi connectivity index (χ1) is 5.07. The number of hydrogen-bond acceptors (Lipinski definition) is 3. The topological polar surface area (TPSA) is 43.4 Å². The molecule has 0 radical (unpaired) electrons. The fourth-order valence-corrected chi connectivity index (χ4v) is 2.89. The zero-order valence-corrected chi connectivity index (χ0v) is 6.68. The van der Waals surface area contributed by atoms with Crippen molar-refractivity contribution >= 4 is 10.2 Å². The molecule has 3 atom stereocenters. The van der Waals surface area contributed by atoms with Crippen LogP contribution in [-0.2, 0) is 15.0 Å². The number of halogens is 1. The summed E-state index contributed by atoms with van der Waals surface area (Å²) in [6.07, 6.45) is 1.56. The Balaban J connectivity index is 2.21. The Morgan fingerprint density at radius 3 is 2.36 bits per heavy atom. The number of hydrogen-bond donors (Lipinski definition) is 0. The van der Waals surface area contributed by atoms with Gasteiger partial charge in [0.05, 0.1) is 12.2 Å². The highest BCUT2D eigenvalue weighted by Gasteiger charge is 2.47. The van der Waals surface area contributed by atoms with Gasteiger partial charge in [-0.3, -0.25) is 0 Å². The average Bonchev–Trinajstić information content (AvgIpc) is 2.42. The van der Waals surface area contributed by atoms with E-state index in [2.05, 4.69) is 0 Å². The van der Waals surface area contributed by atoms with Crippen LogP contribution in [0.4, 0.5) is 3.89 Å². The van der Waals surface area contributed by atoms with Crippen LogP contribution in [0.3, 0.4) is 0 Å². The first kappa shape index (κ1) is 7.49. The molecule has 0 N–H and O–H groups in total. The number of fused-ring (bicyclic) bond motifs is 2. The molecule has 11 heavy (non-hydrogen) atoms. The largest absolute Gasteiger partial charge is 0.373 e. The lowest BCUT2D eigenvalue weighted by molar-refractivity contribution is 0.105. The summed E-state index contributed by atoms with van der Waals surface area (Å²) in [5.41, 5.74) is 0. The summed E-state index contributed by atoms with van der Waals surface area (Å²) < 4.78 is 38.6. The van der Waals surface area contributed by atoms with Crippen molar-refractivity contribution in [3.8, 4) is 0 Å². The molecule has 0 unspecified atom stereocenters. The van der Waals surface area contributed by atoms with E-state index in [0.717, 1.165) is 6.42 Å². The summed E-state index contributed by atoms with van der Waals surface area (Å²) in [6, 6.07) is 0. The molecular weight excluding hydrogens is 171 g/mol. The van der Waals surface area contributed by atoms with Gasteiger partial charge < -0.3 is 4.74 Å². The maximum absolute atomic E-state index is 12.4. The smallest absolute Gasteiger partial charge is 0.307 e. The van der Waals surface area contributed by atoms with Crippen molar-refractivity contribution in [2.45, 2.75) is 36.7 Å². The lowest BCUT2D eigenvalue weighted by Gasteiger charge is -2.12. The maximum atomic E-state index is 12.4. The lowest BCUT2D eigenvalue weighted by atomic mass is 10.0. The molecule has 2 aliphatic heterocycles. The third kappa shape index (κ3) is 1.16. The first-order valence-corrected chi connectivity index (χ1v) is 5.11. The van der Waals surface area contributed by atoms with Gasteiger partial charge in [0, 0.05) is 0 Å². The zero-order chi connectivity index (χ0) is 8.06. The standard InChI is InChI=1S/C6H9FO3S/c7-11(8,9)6-3-4-1-2-5(6)10-4/h4-6H,1-3H2/t4-,5+,6-/m0/s1. The minimum absolute atomic E-state index is 0.00414. The van der Waals surface area contributed by atoms with E-state index in [1.165, 1.54) is 0 Å². The Morgan fingerprint density at radius 1 is 1.36 bits per heavy atom. The summed E-state index contributed by atoms with van der Waals surface area (Å²) in [4.78, 5) is 0. The number of rotatable bonds is 1. The average molecular weight is 180 g/mol. The Hall–Kier alpha value is -0.160. The second-order valence-corrected chi connectivity index (χ2v) is 4.68. The minimum atomic E-state index is -4.36. The van der Waals surface area contributed by atoms with E-state index in [4.69, 9.17) is 4.74 Å².